The summed E-state index contributed by atoms with van der Waals surface area (Å²) in [5, 5.41) is 11.8. The van der Waals surface area contributed by atoms with E-state index in [1.165, 1.54) is 6.07 Å². The Morgan fingerprint density at radius 1 is 1.19 bits per heavy atom. The van der Waals surface area contributed by atoms with Crippen LogP contribution in [0.5, 0.6) is 0 Å². The van der Waals surface area contributed by atoms with E-state index in [-0.39, 0.29) is 28.6 Å². The van der Waals surface area contributed by atoms with E-state index >= 15 is 0 Å². The average molecular weight is 448 g/mol. The number of amides is 2. The largest absolute Gasteiger partial charge is 0.417 e. The number of benzene rings is 1. The fraction of sp³-hybridized carbons (Fsp3) is 0.609. The molecule has 1 atom stereocenters. The van der Waals surface area contributed by atoms with Crippen LogP contribution in [0, 0.1) is 28.1 Å². The molecule has 1 aliphatic carbocycles. The highest BCUT2D eigenvalue weighted by Crippen LogP contribution is 2.51. The van der Waals surface area contributed by atoms with Gasteiger partial charge in [0.15, 0.2) is 0 Å². The van der Waals surface area contributed by atoms with Gasteiger partial charge in [0.2, 0.25) is 11.8 Å². The van der Waals surface area contributed by atoms with E-state index in [0.29, 0.717) is 44.7 Å². The molecule has 32 heavy (non-hydrogen) atoms. The number of alkyl halides is 3. The summed E-state index contributed by atoms with van der Waals surface area (Å²) >= 11 is 0. The minimum absolute atomic E-state index is 0.0903. The van der Waals surface area contributed by atoms with E-state index in [2.05, 4.69) is 5.32 Å². The number of nitrogens with zero attached hydrogens (tertiary/aromatic N) is 3. The van der Waals surface area contributed by atoms with Crippen molar-refractivity contribution in [2.75, 3.05) is 38.1 Å². The molecule has 0 aromatic heterocycles. The Morgan fingerprint density at radius 3 is 2.38 bits per heavy atom. The fourth-order valence-electron chi connectivity index (χ4n) is 5.22. The molecule has 1 unspecified atom stereocenters. The minimum Gasteiger partial charge on any atom is -0.371 e. The summed E-state index contributed by atoms with van der Waals surface area (Å²) in [6.07, 6.45) is -1.66. The predicted molar refractivity (Wildman–Crippen MR) is 112 cm³/mol. The molecule has 1 N–H and O–H groups in total. The third kappa shape index (κ3) is 3.80. The van der Waals surface area contributed by atoms with Gasteiger partial charge in [-0.1, -0.05) is 6.92 Å². The van der Waals surface area contributed by atoms with Crippen molar-refractivity contribution < 1.29 is 22.8 Å². The summed E-state index contributed by atoms with van der Waals surface area (Å²) in [6.45, 7) is 3.82. The molecule has 3 fully saturated rings. The van der Waals surface area contributed by atoms with Crippen molar-refractivity contribution in [1.29, 1.82) is 5.26 Å². The van der Waals surface area contributed by atoms with Crippen LogP contribution < -0.4 is 10.2 Å². The highest BCUT2D eigenvalue weighted by atomic mass is 19.4. The number of piperidine rings is 1. The molecule has 4 rings (SSSR count). The van der Waals surface area contributed by atoms with Gasteiger partial charge in [-0.2, -0.15) is 18.4 Å². The maximum Gasteiger partial charge on any atom is 0.417 e. The molecule has 172 valence electrons. The van der Waals surface area contributed by atoms with Gasteiger partial charge >= 0.3 is 6.18 Å². The Morgan fingerprint density at radius 2 is 1.84 bits per heavy atom. The van der Waals surface area contributed by atoms with E-state index in [9.17, 15) is 22.8 Å². The van der Waals surface area contributed by atoms with Crippen LogP contribution in [0.25, 0.3) is 0 Å². The van der Waals surface area contributed by atoms with Gasteiger partial charge in [-0.25, -0.2) is 0 Å². The van der Waals surface area contributed by atoms with Gasteiger partial charge < -0.3 is 15.1 Å². The molecule has 2 aliphatic heterocycles. The number of carbonyl (C=O) groups is 2. The van der Waals surface area contributed by atoms with Crippen molar-refractivity contribution in [3.8, 4) is 6.07 Å². The lowest BCUT2D eigenvalue weighted by Crippen LogP contribution is -2.48. The number of anilines is 1. The lowest BCUT2D eigenvalue weighted by molar-refractivity contribution is -0.138. The summed E-state index contributed by atoms with van der Waals surface area (Å²) in [4.78, 5) is 29.3. The van der Waals surface area contributed by atoms with Gasteiger partial charge in [0.1, 0.15) is 0 Å². The minimum atomic E-state index is -4.60. The normalized spacial score (nSPS) is 23.7. The molecule has 2 saturated heterocycles. The number of hydrogen-bond acceptors (Lipinski definition) is 4. The highest BCUT2D eigenvalue weighted by molar-refractivity contribution is 5.87. The van der Waals surface area contributed by atoms with Crippen LogP contribution in [0.2, 0.25) is 0 Å². The highest BCUT2D eigenvalue weighted by Gasteiger charge is 2.56. The maximum atomic E-state index is 13.4. The zero-order valence-electron chi connectivity index (χ0n) is 18.3. The zero-order valence-corrected chi connectivity index (χ0v) is 18.3. The second kappa shape index (κ2) is 7.68. The van der Waals surface area contributed by atoms with Crippen molar-refractivity contribution in [2.24, 2.45) is 16.7 Å². The van der Waals surface area contributed by atoms with Crippen LogP contribution in [0.15, 0.2) is 18.2 Å². The van der Waals surface area contributed by atoms with Gasteiger partial charge in [0, 0.05) is 49.7 Å². The summed E-state index contributed by atoms with van der Waals surface area (Å²) in [5.41, 5.74) is -1.60. The molecule has 1 saturated carbocycles. The van der Waals surface area contributed by atoms with Gasteiger partial charge in [0.05, 0.1) is 23.1 Å². The Hall–Kier alpha value is -2.76. The lowest BCUT2D eigenvalue weighted by atomic mass is 9.70. The summed E-state index contributed by atoms with van der Waals surface area (Å²) in [6, 6.07) is 5.39. The molecule has 2 heterocycles. The van der Waals surface area contributed by atoms with Crippen LogP contribution in [0.3, 0.4) is 0 Å². The topological polar surface area (TPSA) is 76.4 Å². The molecule has 1 spiro atoms. The first-order valence-electron chi connectivity index (χ1n) is 10.9. The van der Waals surface area contributed by atoms with Crippen molar-refractivity contribution in [2.45, 2.75) is 38.8 Å². The molecule has 1 aromatic carbocycles. The Kier molecular flexibility index (Phi) is 5.38. The van der Waals surface area contributed by atoms with Crippen LogP contribution >= 0.6 is 0 Å². The fourth-order valence-corrected chi connectivity index (χ4v) is 5.22. The van der Waals surface area contributed by atoms with E-state index < -0.39 is 17.3 Å². The first kappa shape index (κ1) is 22.4. The monoisotopic (exact) mass is 448 g/mol. The summed E-state index contributed by atoms with van der Waals surface area (Å²) in [7, 11) is 1.59. The van der Waals surface area contributed by atoms with Crippen molar-refractivity contribution >= 4 is 17.5 Å². The Bertz CT molecular complexity index is 972. The molecule has 0 radical (unpaired) electrons. The summed E-state index contributed by atoms with van der Waals surface area (Å²) in [5.74, 6) is -0.312. The van der Waals surface area contributed by atoms with Gasteiger partial charge in [-0.05, 0) is 43.9 Å². The van der Waals surface area contributed by atoms with E-state index in [4.69, 9.17) is 5.26 Å². The zero-order chi connectivity index (χ0) is 23.3. The van der Waals surface area contributed by atoms with E-state index in [1.807, 2.05) is 16.7 Å². The second-order valence-electron chi connectivity index (χ2n) is 9.60. The molecule has 9 heteroatoms. The maximum absolute atomic E-state index is 13.4. The van der Waals surface area contributed by atoms with Gasteiger partial charge in [-0.3, -0.25) is 9.59 Å². The van der Waals surface area contributed by atoms with Crippen LogP contribution in [0.4, 0.5) is 18.9 Å². The Balaban J connectivity index is 1.54. The first-order chi connectivity index (χ1) is 15.0. The van der Waals surface area contributed by atoms with Crippen LogP contribution in [0.1, 0.15) is 43.7 Å². The number of carbonyl (C=O) groups excluding carboxylic acids is 2. The molecule has 3 aliphatic rings. The third-order valence-electron chi connectivity index (χ3n) is 7.57. The van der Waals surface area contributed by atoms with Crippen molar-refractivity contribution in [1.82, 2.24) is 10.2 Å². The van der Waals surface area contributed by atoms with Crippen LogP contribution in [-0.4, -0.2) is 49.9 Å². The quantitative estimate of drug-likeness (QED) is 0.771. The van der Waals surface area contributed by atoms with Crippen molar-refractivity contribution in [3.63, 3.8) is 0 Å². The van der Waals surface area contributed by atoms with Crippen LogP contribution in [-0.2, 0) is 15.8 Å². The first-order valence-corrected chi connectivity index (χ1v) is 10.9. The standard InChI is InChI=1S/C23H27F3N4O2/c1-21(5-6-21)20(32)30-13-18(19(31)28-2)22(14-30)7-9-29(10-8-22)16-4-3-15(12-27)17(11-16)23(24,25)26/h3-4,11,18H,5-10,13-14H2,1-2H3,(H,28,31). The molecular weight excluding hydrogens is 421 g/mol. The van der Waals surface area contributed by atoms with Gasteiger partial charge in [0.25, 0.3) is 0 Å². The molecule has 0 bridgehead atoms. The third-order valence-corrected chi connectivity index (χ3v) is 7.57. The molecule has 6 nitrogen and oxygen atoms in total. The van der Waals surface area contributed by atoms with Gasteiger partial charge in [-0.15, -0.1) is 0 Å². The van der Waals surface area contributed by atoms with E-state index in [0.717, 1.165) is 18.9 Å². The predicted octanol–water partition coefficient (Wildman–Crippen LogP) is 3.17. The number of halogens is 3. The summed E-state index contributed by atoms with van der Waals surface area (Å²) < 4.78 is 40.1. The number of rotatable bonds is 3. The molecular formula is C23H27F3N4O2. The number of hydrogen-bond donors (Lipinski definition) is 1. The number of nitrogens with one attached hydrogen (secondary N) is 1. The average Bonchev–Trinajstić information content (AvgIpc) is 3.43. The smallest absolute Gasteiger partial charge is 0.371 e. The van der Waals surface area contributed by atoms with Crippen molar-refractivity contribution in [3.05, 3.63) is 29.3 Å². The van der Waals surface area contributed by atoms with E-state index in [1.54, 1.807) is 19.2 Å². The molecule has 2 amide bonds. The molecule has 1 aromatic rings. The lowest BCUT2D eigenvalue weighted by Gasteiger charge is -2.43. The number of likely N-dealkylation sites (tertiary alicyclic amines) is 1. The second-order valence-corrected chi connectivity index (χ2v) is 9.60. The Labute approximate surface area is 185 Å². The SMILES string of the molecule is CNC(=O)C1CN(C(=O)C2(C)CC2)CC12CCN(c1ccc(C#N)c(C(F)(F)F)c1)CC2. The number of nitriles is 1.